The zero-order valence-corrected chi connectivity index (χ0v) is 10.9. The van der Waals surface area contributed by atoms with Crippen molar-refractivity contribution in [3.63, 3.8) is 0 Å². The van der Waals surface area contributed by atoms with Crippen LogP contribution in [0, 0.1) is 0 Å². The lowest BCUT2D eigenvalue weighted by molar-refractivity contribution is 0.163. The molecule has 1 atom stereocenters. The van der Waals surface area contributed by atoms with E-state index in [1.54, 1.807) is 12.3 Å². The third-order valence-electron chi connectivity index (χ3n) is 3.72. The summed E-state index contributed by atoms with van der Waals surface area (Å²) < 4.78 is 1.46. The van der Waals surface area contributed by atoms with Gasteiger partial charge in [0.2, 0.25) is 0 Å². The van der Waals surface area contributed by atoms with Gasteiger partial charge < -0.3 is 0 Å². The van der Waals surface area contributed by atoms with E-state index in [1.165, 1.54) is 17.4 Å². The standard InChI is InChI=1S/C14H18N4O/c1-2-8-17-9-4-3-5-12(17)11-10-14(19)18-13(16-11)6-7-15-18/h2,6-7,10,12,15H,1,3-5,8-9H2/t12-/m0/s1. The Morgan fingerprint density at radius 1 is 1.53 bits per heavy atom. The SMILES string of the molecule is C=CCN1CCCC[C@H]1c1cc(=O)n2[nH]ccc2n1. The lowest BCUT2D eigenvalue weighted by Crippen LogP contribution is -2.34. The number of nitrogens with one attached hydrogen (secondary N) is 1. The third kappa shape index (κ3) is 2.21. The first kappa shape index (κ1) is 12.2. The lowest BCUT2D eigenvalue weighted by Gasteiger charge is -2.34. The van der Waals surface area contributed by atoms with Gasteiger partial charge in [0.1, 0.15) is 0 Å². The van der Waals surface area contributed by atoms with Gasteiger partial charge >= 0.3 is 0 Å². The summed E-state index contributed by atoms with van der Waals surface area (Å²) in [6.45, 7) is 5.70. The van der Waals surface area contributed by atoms with Crippen LogP contribution in [-0.4, -0.2) is 32.6 Å². The number of rotatable bonds is 3. The van der Waals surface area contributed by atoms with Gasteiger partial charge in [-0.1, -0.05) is 12.5 Å². The fourth-order valence-corrected chi connectivity index (χ4v) is 2.83. The highest BCUT2D eigenvalue weighted by Gasteiger charge is 2.24. The number of H-pyrrole nitrogens is 1. The van der Waals surface area contributed by atoms with Crippen molar-refractivity contribution in [3.8, 4) is 0 Å². The molecule has 3 rings (SSSR count). The second-order valence-corrected chi connectivity index (χ2v) is 4.97. The molecule has 1 aliphatic heterocycles. The molecular weight excluding hydrogens is 240 g/mol. The van der Waals surface area contributed by atoms with Gasteiger partial charge in [0, 0.05) is 24.9 Å². The molecule has 0 unspecified atom stereocenters. The molecule has 0 bridgehead atoms. The summed E-state index contributed by atoms with van der Waals surface area (Å²) >= 11 is 0. The second-order valence-electron chi connectivity index (χ2n) is 4.97. The highest BCUT2D eigenvalue weighted by molar-refractivity contribution is 5.37. The molecule has 0 aliphatic carbocycles. The zero-order chi connectivity index (χ0) is 13.2. The normalized spacial score (nSPS) is 20.7. The van der Waals surface area contributed by atoms with E-state index >= 15 is 0 Å². The Bertz CT molecular complexity index is 642. The molecule has 1 N–H and O–H groups in total. The van der Waals surface area contributed by atoms with E-state index in [4.69, 9.17) is 0 Å². The van der Waals surface area contributed by atoms with Crippen LogP contribution in [0.3, 0.4) is 0 Å². The molecule has 0 saturated carbocycles. The van der Waals surface area contributed by atoms with Gasteiger partial charge in [-0.05, 0) is 19.4 Å². The molecule has 1 fully saturated rings. The van der Waals surface area contributed by atoms with Crippen molar-refractivity contribution in [2.45, 2.75) is 25.3 Å². The minimum Gasteiger partial charge on any atom is -0.297 e. The van der Waals surface area contributed by atoms with Gasteiger partial charge in [-0.3, -0.25) is 14.8 Å². The number of nitrogens with zero attached hydrogens (tertiary/aromatic N) is 3. The highest BCUT2D eigenvalue weighted by atomic mass is 16.1. The van der Waals surface area contributed by atoms with Crippen LogP contribution in [-0.2, 0) is 0 Å². The number of aromatic nitrogens is 3. The van der Waals surface area contributed by atoms with Crippen molar-refractivity contribution in [3.05, 3.63) is 47.0 Å². The Balaban J connectivity index is 2.01. The molecule has 0 aromatic carbocycles. The van der Waals surface area contributed by atoms with Crippen molar-refractivity contribution >= 4 is 5.65 Å². The van der Waals surface area contributed by atoms with E-state index in [1.807, 2.05) is 12.1 Å². The Morgan fingerprint density at radius 3 is 3.26 bits per heavy atom. The predicted octanol–water partition coefficient (Wildman–Crippen LogP) is 1.74. The molecule has 3 heterocycles. The summed E-state index contributed by atoms with van der Waals surface area (Å²) in [5, 5.41) is 2.87. The van der Waals surface area contributed by atoms with Gasteiger partial charge in [-0.15, -0.1) is 6.58 Å². The number of hydrogen-bond donors (Lipinski definition) is 1. The largest absolute Gasteiger partial charge is 0.297 e. The summed E-state index contributed by atoms with van der Waals surface area (Å²) in [4.78, 5) is 19.0. The molecule has 5 heteroatoms. The van der Waals surface area contributed by atoms with Gasteiger partial charge in [0.25, 0.3) is 5.56 Å². The van der Waals surface area contributed by atoms with Crippen LogP contribution in [0.25, 0.3) is 5.65 Å². The summed E-state index contributed by atoms with van der Waals surface area (Å²) in [5.74, 6) is 0. The smallest absolute Gasteiger partial charge is 0.272 e. The van der Waals surface area contributed by atoms with E-state index in [0.717, 1.165) is 25.2 Å². The van der Waals surface area contributed by atoms with Gasteiger partial charge in [0.15, 0.2) is 5.65 Å². The van der Waals surface area contributed by atoms with Gasteiger partial charge in [-0.25, -0.2) is 9.50 Å². The molecule has 0 amide bonds. The number of hydrogen-bond acceptors (Lipinski definition) is 3. The summed E-state index contributed by atoms with van der Waals surface area (Å²) in [7, 11) is 0. The molecule has 100 valence electrons. The van der Waals surface area contributed by atoms with E-state index in [2.05, 4.69) is 21.6 Å². The summed E-state index contributed by atoms with van der Waals surface area (Å²) in [6, 6.07) is 3.71. The minimum atomic E-state index is -0.0471. The average Bonchev–Trinajstić information content (AvgIpc) is 2.88. The maximum Gasteiger partial charge on any atom is 0.272 e. The second kappa shape index (κ2) is 5.01. The van der Waals surface area contributed by atoms with Crippen LogP contribution in [0.15, 0.2) is 35.8 Å². The van der Waals surface area contributed by atoms with Crippen LogP contribution < -0.4 is 5.56 Å². The van der Waals surface area contributed by atoms with Crippen LogP contribution in [0.4, 0.5) is 0 Å². The number of aromatic amines is 1. The topological polar surface area (TPSA) is 53.4 Å². The van der Waals surface area contributed by atoms with Crippen molar-refractivity contribution in [2.75, 3.05) is 13.1 Å². The first-order valence-electron chi connectivity index (χ1n) is 6.71. The van der Waals surface area contributed by atoms with Crippen molar-refractivity contribution in [2.24, 2.45) is 0 Å². The summed E-state index contributed by atoms with van der Waals surface area (Å²) in [6.07, 6.45) is 7.10. The molecule has 2 aromatic heterocycles. The Hall–Kier alpha value is -1.88. The Kier molecular flexibility index (Phi) is 3.21. The average molecular weight is 258 g/mol. The highest BCUT2D eigenvalue weighted by Crippen LogP contribution is 2.29. The first-order chi connectivity index (χ1) is 9.29. The fraction of sp³-hybridized carbons (Fsp3) is 0.429. The van der Waals surface area contributed by atoms with Gasteiger partial charge in [-0.2, -0.15) is 0 Å². The maximum atomic E-state index is 12.0. The molecule has 1 aliphatic rings. The monoisotopic (exact) mass is 258 g/mol. The lowest BCUT2D eigenvalue weighted by atomic mass is 9.99. The van der Waals surface area contributed by atoms with Crippen molar-refractivity contribution in [1.29, 1.82) is 0 Å². The minimum absolute atomic E-state index is 0.0471. The van der Waals surface area contributed by atoms with Crippen molar-refractivity contribution < 1.29 is 0 Å². The van der Waals surface area contributed by atoms with Crippen LogP contribution >= 0.6 is 0 Å². The van der Waals surface area contributed by atoms with Crippen LogP contribution in [0.2, 0.25) is 0 Å². The molecule has 2 aromatic rings. The molecule has 5 nitrogen and oxygen atoms in total. The van der Waals surface area contributed by atoms with Crippen molar-refractivity contribution in [1.82, 2.24) is 19.5 Å². The molecular formula is C14H18N4O. The first-order valence-corrected chi connectivity index (χ1v) is 6.71. The molecule has 1 saturated heterocycles. The van der Waals surface area contributed by atoms with E-state index in [-0.39, 0.29) is 11.6 Å². The predicted molar refractivity (Wildman–Crippen MR) is 74.2 cm³/mol. The van der Waals surface area contributed by atoms with Gasteiger partial charge in [0.05, 0.1) is 11.7 Å². The number of likely N-dealkylation sites (tertiary alicyclic amines) is 1. The fourth-order valence-electron chi connectivity index (χ4n) is 2.83. The molecule has 0 radical (unpaired) electrons. The van der Waals surface area contributed by atoms with E-state index < -0.39 is 0 Å². The number of fused-ring (bicyclic) bond motifs is 1. The van der Waals surface area contributed by atoms with Crippen LogP contribution in [0.1, 0.15) is 31.0 Å². The molecule has 19 heavy (non-hydrogen) atoms. The van der Waals surface area contributed by atoms with E-state index in [9.17, 15) is 4.79 Å². The quantitative estimate of drug-likeness (QED) is 0.853. The Morgan fingerprint density at radius 2 is 2.42 bits per heavy atom. The summed E-state index contributed by atoms with van der Waals surface area (Å²) in [5.41, 5.74) is 1.52. The number of piperidine rings is 1. The van der Waals surface area contributed by atoms with E-state index in [0.29, 0.717) is 5.65 Å². The zero-order valence-electron chi connectivity index (χ0n) is 10.9. The maximum absolute atomic E-state index is 12.0. The third-order valence-corrected chi connectivity index (χ3v) is 3.72. The van der Waals surface area contributed by atoms with Crippen LogP contribution in [0.5, 0.6) is 0 Å². The molecule has 0 spiro atoms. The Labute approximate surface area is 111 Å².